The lowest BCUT2D eigenvalue weighted by Gasteiger charge is -2.21. The number of amides is 1. The molecule has 0 radical (unpaired) electrons. The van der Waals surface area contributed by atoms with Gasteiger partial charge in [-0.15, -0.1) is 0 Å². The first-order chi connectivity index (χ1) is 11.6. The normalized spacial score (nSPS) is 23.9. The topological polar surface area (TPSA) is 45.7 Å². The number of carbonyl (C=O) groups is 1. The maximum absolute atomic E-state index is 11.7. The van der Waals surface area contributed by atoms with Gasteiger partial charge in [0.15, 0.2) is 0 Å². The highest BCUT2D eigenvalue weighted by molar-refractivity contribution is 5.70. The van der Waals surface area contributed by atoms with Gasteiger partial charge in [0.2, 0.25) is 0 Å². The summed E-state index contributed by atoms with van der Waals surface area (Å²) in [5, 5.41) is 0. The fourth-order valence-corrected chi connectivity index (χ4v) is 3.66. The zero-order valence-corrected chi connectivity index (χ0v) is 13.8. The third-order valence-electron chi connectivity index (χ3n) is 4.89. The molecule has 2 saturated heterocycles. The van der Waals surface area contributed by atoms with Crippen LogP contribution >= 0.6 is 0 Å². The van der Waals surface area contributed by atoms with Crippen LogP contribution in [0.1, 0.15) is 12.0 Å². The SMILES string of the molecule is CN1C[C@]2(CCN(Cc3ccc(-c4cccnc4)cc3)C2)OC1=O. The molecular weight excluding hydrogens is 302 g/mol. The van der Waals surface area contributed by atoms with E-state index < -0.39 is 0 Å². The van der Waals surface area contributed by atoms with Crippen molar-refractivity contribution >= 4 is 6.09 Å². The maximum Gasteiger partial charge on any atom is 0.410 e. The highest BCUT2D eigenvalue weighted by atomic mass is 16.6. The average Bonchev–Trinajstić information content (AvgIpc) is 3.11. The molecule has 0 unspecified atom stereocenters. The summed E-state index contributed by atoms with van der Waals surface area (Å²) in [5.41, 5.74) is 3.28. The molecule has 1 spiro atoms. The molecule has 2 aliphatic heterocycles. The van der Waals surface area contributed by atoms with E-state index in [1.807, 2.05) is 12.3 Å². The Labute approximate surface area is 141 Å². The van der Waals surface area contributed by atoms with Crippen LogP contribution in [0.5, 0.6) is 0 Å². The molecule has 124 valence electrons. The zero-order chi connectivity index (χ0) is 16.6. The van der Waals surface area contributed by atoms with Crippen LogP contribution in [0.15, 0.2) is 48.8 Å². The third-order valence-corrected chi connectivity index (χ3v) is 4.89. The molecule has 5 nitrogen and oxygen atoms in total. The summed E-state index contributed by atoms with van der Waals surface area (Å²) in [6, 6.07) is 12.6. The van der Waals surface area contributed by atoms with Crippen molar-refractivity contribution in [2.45, 2.75) is 18.6 Å². The van der Waals surface area contributed by atoms with Gasteiger partial charge < -0.3 is 9.64 Å². The Bertz CT molecular complexity index is 732. The molecule has 1 aromatic carbocycles. The fourth-order valence-electron chi connectivity index (χ4n) is 3.66. The molecule has 4 rings (SSSR count). The number of aromatic nitrogens is 1. The summed E-state index contributed by atoms with van der Waals surface area (Å²) in [4.78, 5) is 19.9. The molecule has 0 bridgehead atoms. The molecule has 2 fully saturated rings. The molecule has 5 heteroatoms. The van der Waals surface area contributed by atoms with Crippen molar-refractivity contribution in [2.75, 3.05) is 26.7 Å². The highest BCUT2D eigenvalue weighted by Crippen LogP contribution is 2.32. The van der Waals surface area contributed by atoms with Crippen LogP contribution in [-0.2, 0) is 11.3 Å². The van der Waals surface area contributed by atoms with Crippen LogP contribution in [0.25, 0.3) is 11.1 Å². The Balaban J connectivity index is 1.41. The van der Waals surface area contributed by atoms with Gasteiger partial charge in [-0.25, -0.2) is 4.79 Å². The second kappa shape index (κ2) is 5.91. The molecule has 0 aliphatic carbocycles. The summed E-state index contributed by atoms with van der Waals surface area (Å²) < 4.78 is 5.61. The van der Waals surface area contributed by atoms with E-state index in [0.29, 0.717) is 6.54 Å². The molecule has 2 aliphatic rings. The van der Waals surface area contributed by atoms with Crippen LogP contribution in [0, 0.1) is 0 Å². The highest BCUT2D eigenvalue weighted by Gasteiger charge is 2.48. The van der Waals surface area contributed by atoms with E-state index >= 15 is 0 Å². The van der Waals surface area contributed by atoms with Crippen LogP contribution in [0.4, 0.5) is 4.79 Å². The van der Waals surface area contributed by atoms with Crippen molar-refractivity contribution in [3.05, 3.63) is 54.4 Å². The van der Waals surface area contributed by atoms with Crippen molar-refractivity contribution in [2.24, 2.45) is 0 Å². The lowest BCUT2D eigenvalue weighted by molar-refractivity contribution is 0.0627. The summed E-state index contributed by atoms with van der Waals surface area (Å²) in [5.74, 6) is 0. The molecule has 3 heterocycles. The first-order valence-corrected chi connectivity index (χ1v) is 8.29. The number of likely N-dealkylation sites (N-methyl/N-ethyl adjacent to an activating group) is 1. The monoisotopic (exact) mass is 323 g/mol. The standard InChI is InChI=1S/C19H21N3O2/c1-21-13-19(24-18(21)23)8-10-22(14-19)12-15-4-6-16(7-5-15)17-3-2-9-20-11-17/h2-7,9,11H,8,10,12-14H2,1H3/t19-/m0/s1. The second-order valence-corrected chi connectivity index (χ2v) is 6.81. The van der Waals surface area contributed by atoms with Gasteiger partial charge >= 0.3 is 6.09 Å². The van der Waals surface area contributed by atoms with Gasteiger partial charge in [0.25, 0.3) is 0 Å². The summed E-state index contributed by atoms with van der Waals surface area (Å²) >= 11 is 0. The second-order valence-electron chi connectivity index (χ2n) is 6.81. The molecule has 24 heavy (non-hydrogen) atoms. The minimum atomic E-state index is -0.304. The van der Waals surface area contributed by atoms with Gasteiger partial charge in [0, 0.05) is 45.5 Å². The molecule has 0 saturated carbocycles. The largest absolute Gasteiger partial charge is 0.439 e. The quantitative estimate of drug-likeness (QED) is 0.871. The van der Waals surface area contributed by atoms with E-state index in [-0.39, 0.29) is 11.7 Å². The summed E-state index contributed by atoms with van der Waals surface area (Å²) in [6.07, 6.45) is 4.38. The number of rotatable bonds is 3. The summed E-state index contributed by atoms with van der Waals surface area (Å²) in [7, 11) is 1.80. The number of likely N-dealkylation sites (tertiary alicyclic amines) is 1. The zero-order valence-electron chi connectivity index (χ0n) is 13.8. The smallest absolute Gasteiger partial charge is 0.410 e. The molecule has 1 atom stereocenters. The molecule has 1 aromatic heterocycles. The van der Waals surface area contributed by atoms with Gasteiger partial charge in [-0.05, 0) is 22.8 Å². The van der Waals surface area contributed by atoms with E-state index in [4.69, 9.17) is 4.74 Å². The first kappa shape index (κ1) is 15.1. The molecular formula is C19H21N3O2. The third kappa shape index (κ3) is 2.87. The predicted octanol–water partition coefficient (Wildman–Crippen LogP) is 2.78. The van der Waals surface area contributed by atoms with Gasteiger partial charge in [0.05, 0.1) is 6.54 Å². The van der Waals surface area contributed by atoms with Crippen LogP contribution in [0.3, 0.4) is 0 Å². The fraction of sp³-hybridized carbons (Fsp3) is 0.368. The minimum Gasteiger partial charge on any atom is -0.439 e. The summed E-state index contributed by atoms with van der Waals surface area (Å²) in [6.45, 7) is 3.36. The first-order valence-electron chi connectivity index (χ1n) is 8.29. The van der Waals surface area contributed by atoms with E-state index in [1.165, 1.54) is 11.1 Å². The Hall–Kier alpha value is -2.40. The van der Waals surface area contributed by atoms with Crippen molar-refractivity contribution in [1.29, 1.82) is 0 Å². The van der Waals surface area contributed by atoms with Crippen LogP contribution in [0.2, 0.25) is 0 Å². The van der Waals surface area contributed by atoms with Gasteiger partial charge in [0.1, 0.15) is 5.60 Å². The van der Waals surface area contributed by atoms with E-state index in [1.54, 1.807) is 18.1 Å². The number of carbonyl (C=O) groups excluding carboxylic acids is 1. The number of hydrogen-bond donors (Lipinski definition) is 0. The van der Waals surface area contributed by atoms with Gasteiger partial charge in [-0.1, -0.05) is 30.3 Å². The Kier molecular flexibility index (Phi) is 3.73. The van der Waals surface area contributed by atoms with E-state index in [2.05, 4.69) is 40.2 Å². The van der Waals surface area contributed by atoms with Crippen molar-refractivity contribution < 1.29 is 9.53 Å². The minimum absolute atomic E-state index is 0.197. The Morgan fingerprint density at radius 1 is 1.17 bits per heavy atom. The molecule has 0 N–H and O–H groups in total. The van der Waals surface area contributed by atoms with Gasteiger partial charge in [-0.2, -0.15) is 0 Å². The van der Waals surface area contributed by atoms with Crippen molar-refractivity contribution in [3.8, 4) is 11.1 Å². The lowest BCUT2D eigenvalue weighted by Crippen LogP contribution is -2.37. The molecule has 1 amide bonds. The number of ether oxygens (including phenoxy) is 1. The number of nitrogens with zero attached hydrogens (tertiary/aromatic N) is 3. The van der Waals surface area contributed by atoms with Crippen LogP contribution in [-0.4, -0.2) is 53.2 Å². The lowest BCUT2D eigenvalue weighted by atomic mass is 10.0. The predicted molar refractivity (Wildman–Crippen MR) is 91.4 cm³/mol. The van der Waals surface area contributed by atoms with E-state index in [9.17, 15) is 4.79 Å². The Morgan fingerprint density at radius 2 is 2.00 bits per heavy atom. The Morgan fingerprint density at radius 3 is 2.67 bits per heavy atom. The van der Waals surface area contributed by atoms with Crippen molar-refractivity contribution in [1.82, 2.24) is 14.8 Å². The number of hydrogen-bond acceptors (Lipinski definition) is 4. The maximum atomic E-state index is 11.7. The van der Waals surface area contributed by atoms with E-state index in [0.717, 1.165) is 31.6 Å². The van der Waals surface area contributed by atoms with Crippen LogP contribution < -0.4 is 0 Å². The number of pyridine rings is 1. The van der Waals surface area contributed by atoms with Crippen molar-refractivity contribution in [3.63, 3.8) is 0 Å². The average molecular weight is 323 g/mol. The number of benzene rings is 1. The van der Waals surface area contributed by atoms with Gasteiger partial charge in [-0.3, -0.25) is 9.88 Å². The molecule has 2 aromatic rings.